The molecular formula is C17H15ClN4O2. The third-order valence-electron chi connectivity index (χ3n) is 3.58. The van der Waals surface area contributed by atoms with Gasteiger partial charge in [0.1, 0.15) is 5.52 Å². The summed E-state index contributed by atoms with van der Waals surface area (Å²) in [6.45, 7) is 2.49. The minimum atomic E-state index is -0.520. The molecule has 2 aromatic heterocycles. The summed E-state index contributed by atoms with van der Waals surface area (Å²) in [4.78, 5) is 33.2. The molecule has 1 aromatic carbocycles. The van der Waals surface area contributed by atoms with Crippen molar-refractivity contribution < 1.29 is 4.79 Å². The maximum Gasteiger partial charge on any atom is 0.283 e. The Labute approximate surface area is 143 Å². The quantitative estimate of drug-likeness (QED) is 0.789. The van der Waals surface area contributed by atoms with Crippen LogP contribution in [-0.4, -0.2) is 20.4 Å². The zero-order chi connectivity index (χ0) is 17.1. The van der Waals surface area contributed by atoms with Crippen molar-refractivity contribution in [1.29, 1.82) is 0 Å². The van der Waals surface area contributed by atoms with Crippen molar-refractivity contribution in [2.24, 2.45) is 0 Å². The molecule has 0 unspecified atom stereocenters. The van der Waals surface area contributed by atoms with Crippen molar-refractivity contribution in [2.45, 2.75) is 20.0 Å². The first kappa shape index (κ1) is 16.1. The van der Waals surface area contributed by atoms with E-state index in [1.54, 1.807) is 36.5 Å². The number of carbonyl (C=O) groups excluding carboxylic acids is 1. The number of aryl methyl sites for hydroxylation is 1. The Morgan fingerprint density at radius 3 is 2.88 bits per heavy atom. The van der Waals surface area contributed by atoms with Crippen LogP contribution < -0.4 is 10.9 Å². The van der Waals surface area contributed by atoms with Crippen molar-refractivity contribution in [2.75, 3.05) is 0 Å². The molecule has 0 fully saturated rings. The molecule has 0 spiro atoms. The third-order valence-corrected chi connectivity index (χ3v) is 3.81. The van der Waals surface area contributed by atoms with E-state index in [0.29, 0.717) is 22.7 Å². The van der Waals surface area contributed by atoms with Gasteiger partial charge in [0, 0.05) is 24.3 Å². The van der Waals surface area contributed by atoms with E-state index in [0.717, 1.165) is 5.56 Å². The molecule has 3 rings (SSSR count). The Kier molecular flexibility index (Phi) is 4.57. The monoisotopic (exact) mass is 342 g/mol. The Bertz CT molecular complexity index is 968. The van der Waals surface area contributed by atoms with Gasteiger partial charge in [-0.15, -0.1) is 0 Å². The van der Waals surface area contributed by atoms with Crippen molar-refractivity contribution >= 4 is 28.7 Å². The summed E-state index contributed by atoms with van der Waals surface area (Å²) in [6, 6.07) is 10.6. The van der Waals surface area contributed by atoms with Crippen LogP contribution in [0.1, 0.15) is 23.0 Å². The van der Waals surface area contributed by atoms with E-state index in [2.05, 4.69) is 15.3 Å². The molecule has 2 heterocycles. The van der Waals surface area contributed by atoms with Crippen molar-refractivity contribution in [1.82, 2.24) is 19.9 Å². The number of halogens is 1. The lowest BCUT2D eigenvalue weighted by molar-refractivity contribution is 0.0944. The number of carbonyl (C=O) groups is 1. The SMILES string of the molecule is CCn1c(=O)c(C(=O)NCc2cccc(Cl)c2)nc2cccnc21. The third kappa shape index (κ3) is 3.14. The number of benzene rings is 1. The number of rotatable bonds is 4. The summed E-state index contributed by atoms with van der Waals surface area (Å²) in [6.07, 6.45) is 1.59. The molecule has 0 bridgehead atoms. The van der Waals surface area contributed by atoms with Gasteiger partial charge in [-0.2, -0.15) is 0 Å². The summed E-state index contributed by atoms with van der Waals surface area (Å²) in [7, 11) is 0. The van der Waals surface area contributed by atoms with Gasteiger partial charge < -0.3 is 5.32 Å². The zero-order valence-electron chi connectivity index (χ0n) is 13.0. The second kappa shape index (κ2) is 6.80. The number of aromatic nitrogens is 3. The molecular weight excluding hydrogens is 328 g/mol. The average Bonchev–Trinajstić information content (AvgIpc) is 2.59. The molecule has 1 N–H and O–H groups in total. The first-order valence-electron chi connectivity index (χ1n) is 7.48. The Balaban J connectivity index is 1.92. The van der Waals surface area contributed by atoms with E-state index in [9.17, 15) is 9.59 Å². The van der Waals surface area contributed by atoms with Gasteiger partial charge in [-0.3, -0.25) is 14.2 Å². The molecule has 0 saturated heterocycles. The number of pyridine rings is 1. The van der Waals surface area contributed by atoms with E-state index >= 15 is 0 Å². The predicted molar refractivity (Wildman–Crippen MR) is 92.1 cm³/mol. The van der Waals surface area contributed by atoms with Crippen molar-refractivity contribution in [3.63, 3.8) is 0 Å². The van der Waals surface area contributed by atoms with Crippen LogP contribution in [-0.2, 0) is 13.1 Å². The first-order chi connectivity index (χ1) is 11.6. The summed E-state index contributed by atoms with van der Waals surface area (Å²) >= 11 is 5.92. The molecule has 6 nitrogen and oxygen atoms in total. The van der Waals surface area contributed by atoms with Gasteiger partial charge >= 0.3 is 0 Å². The highest BCUT2D eigenvalue weighted by molar-refractivity contribution is 6.30. The number of nitrogens with one attached hydrogen (secondary N) is 1. The second-order valence-corrected chi connectivity index (χ2v) is 5.60. The largest absolute Gasteiger partial charge is 0.346 e. The second-order valence-electron chi connectivity index (χ2n) is 5.17. The minimum absolute atomic E-state index is 0.139. The van der Waals surface area contributed by atoms with Gasteiger partial charge in [0.25, 0.3) is 11.5 Å². The number of amides is 1. The fourth-order valence-corrected chi connectivity index (χ4v) is 2.64. The van der Waals surface area contributed by atoms with Gasteiger partial charge in [-0.25, -0.2) is 9.97 Å². The van der Waals surface area contributed by atoms with Gasteiger partial charge in [-0.1, -0.05) is 23.7 Å². The lowest BCUT2D eigenvalue weighted by Crippen LogP contribution is -2.34. The molecule has 24 heavy (non-hydrogen) atoms. The van der Waals surface area contributed by atoms with Crippen LogP contribution in [0.5, 0.6) is 0 Å². The average molecular weight is 343 g/mol. The van der Waals surface area contributed by atoms with E-state index in [1.165, 1.54) is 4.57 Å². The number of nitrogens with zero attached hydrogens (tertiary/aromatic N) is 3. The minimum Gasteiger partial charge on any atom is -0.346 e. The topological polar surface area (TPSA) is 76.9 Å². The maximum absolute atomic E-state index is 12.5. The van der Waals surface area contributed by atoms with Crippen LogP contribution >= 0.6 is 11.6 Å². The van der Waals surface area contributed by atoms with Gasteiger partial charge in [0.05, 0.1) is 0 Å². The Morgan fingerprint density at radius 1 is 1.29 bits per heavy atom. The van der Waals surface area contributed by atoms with Crippen LogP contribution in [0.25, 0.3) is 11.2 Å². The molecule has 7 heteroatoms. The molecule has 3 aromatic rings. The Morgan fingerprint density at radius 2 is 2.12 bits per heavy atom. The van der Waals surface area contributed by atoms with Crippen LogP contribution in [0, 0.1) is 0 Å². The lowest BCUT2D eigenvalue weighted by Gasteiger charge is -2.09. The molecule has 0 aliphatic rings. The smallest absolute Gasteiger partial charge is 0.283 e. The highest BCUT2D eigenvalue weighted by atomic mass is 35.5. The maximum atomic E-state index is 12.5. The molecule has 0 radical (unpaired) electrons. The van der Waals surface area contributed by atoms with Crippen LogP contribution in [0.15, 0.2) is 47.4 Å². The number of hydrogen-bond acceptors (Lipinski definition) is 4. The van der Waals surface area contributed by atoms with Crippen LogP contribution in [0.2, 0.25) is 5.02 Å². The molecule has 0 aliphatic heterocycles. The summed E-state index contributed by atoms with van der Waals surface area (Å²) in [5.74, 6) is -0.520. The van der Waals surface area contributed by atoms with Gasteiger partial charge in [-0.05, 0) is 36.8 Å². The Hall–Kier alpha value is -2.73. The normalized spacial score (nSPS) is 10.8. The van der Waals surface area contributed by atoms with E-state index in [1.807, 2.05) is 13.0 Å². The fraction of sp³-hybridized carbons (Fsp3) is 0.176. The molecule has 0 atom stereocenters. The van der Waals surface area contributed by atoms with Crippen molar-refractivity contribution in [3.05, 3.63) is 69.2 Å². The highest BCUT2D eigenvalue weighted by Crippen LogP contribution is 2.11. The van der Waals surface area contributed by atoms with E-state index < -0.39 is 11.5 Å². The van der Waals surface area contributed by atoms with Gasteiger partial charge in [0.2, 0.25) is 0 Å². The number of hydrogen-bond donors (Lipinski definition) is 1. The van der Waals surface area contributed by atoms with Crippen LogP contribution in [0.3, 0.4) is 0 Å². The molecule has 0 saturated carbocycles. The van der Waals surface area contributed by atoms with E-state index in [4.69, 9.17) is 11.6 Å². The van der Waals surface area contributed by atoms with Crippen LogP contribution in [0.4, 0.5) is 0 Å². The van der Waals surface area contributed by atoms with Crippen molar-refractivity contribution in [3.8, 4) is 0 Å². The lowest BCUT2D eigenvalue weighted by atomic mass is 10.2. The molecule has 122 valence electrons. The fourth-order valence-electron chi connectivity index (χ4n) is 2.43. The first-order valence-corrected chi connectivity index (χ1v) is 7.86. The molecule has 0 aliphatic carbocycles. The summed E-state index contributed by atoms with van der Waals surface area (Å²) in [5, 5.41) is 3.29. The zero-order valence-corrected chi connectivity index (χ0v) is 13.7. The predicted octanol–water partition coefficient (Wildman–Crippen LogP) is 2.39. The number of fused-ring (bicyclic) bond motifs is 1. The summed E-state index contributed by atoms with van der Waals surface area (Å²) < 4.78 is 1.44. The standard InChI is InChI=1S/C17H15ClN4O2/c1-2-22-15-13(7-4-8-19-15)21-14(17(22)24)16(23)20-10-11-5-3-6-12(18)9-11/h3-9H,2,10H2,1H3,(H,20,23). The highest BCUT2D eigenvalue weighted by Gasteiger charge is 2.17. The van der Waals surface area contributed by atoms with Gasteiger partial charge in [0.15, 0.2) is 11.3 Å². The summed E-state index contributed by atoms with van der Waals surface area (Å²) in [5.41, 5.74) is 1.23. The molecule has 1 amide bonds. The van der Waals surface area contributed by atoms with E-state index in [-0.39, 0.29) is 12.2 Å².